The van der Waals surface area contributed by atoms with Crippen LogP contribution in [0.25, 0.3) is 0 Å². The van der Waals surface area contributed by atoms with Crippen molar-refractivity contribution in [3.05, 3.63) is 34.9 Å². The summed E-state index contributed by atoms with van der Waals surface area (Å²) in [5.74, 6) is 0.0160. The van der Waals surface area contributed by atoms with Crippen molar-refractivity contribution in [2.75, 3.05) is 20.7 Å². The molecule has 1 amide bonds. The maximum atomic E-state index is 11.9. The lowest BCUT2D eigenvalue weighted by molar-refractivity contribution is -0.132. The molecule has 0 aliphatic carbocycles. The van der Waals surface area contributed by atoms with Gasteiger partial charge in [-0.05, 0) is 17.7 Å². The first-order valence-corrected chi connectivity index (χ1v) is 6.16. The number of hydrogen-bond acceptors (Lipinski definition) is 3. The van der Waals surface area contributed by atoms with E-state index in [1.165, 1.54) is 0 Å². The fourth-order valence-electron chi connectivity index (χ4n) is 1.57. The second-order valence-electron chi connectivity index (χ2n) is 4.17. The molecule has 0 aliphatic heterocycles. The molecular weight excluding hydrogens is 252 g/mol. The summed E-state index contributed by atoms with van der Waals surface area (Å²) in [6.45, 7) is 0.897. The van der Waals surface area contributed by atoms with Crippen LogP contribution < -0.4 is 5.73 Å². The van der Waals surface area contributed by atoms with E-state index in [0.29, 0.717) is 24.5 Å². The molecule has 0 saturated carbocycles. The summed E-state index contributed by atoms with van der Waals surface area (Å²) in [4.78, 5) is 13.6. The number of hydrogen-bond donors (Lipinski definition) is 1. The van der Waals surface area contributed by atoms with Crippen molar-refractivity contribution in [2.45, 2.75) is 19.1 Å². The monoisotopic (exact) mass is 270 g/mol. The normalized spacial score (nSPS) is 12.2. The van der Waals surface area contributed by atoms with E-state index in [9.17, 15) is 4.79 Å². The minimum atomic E-state index is -0.217. The third kappa shape index (κ3) is 4.64. The molecule has 1 aromatic carbocycles. The highest BCUT2D eigenvalue weighted by atomic mass is 35.5. The van der Waals surface area contributed by atoms with Gasteiger partial charge in [0.05, 0.1) is 12.5 Å². The SMILES string of the molecule is COC(CN)CC(=O)N(C)Cc1ccc(Cl)cc1. The standard InChI is InChI=1S/C13H19ClN2O2/c1-16(13(17)7-12(8-15)18-2)9-10-3-5-11(14)6-4-10/h3-6,12H,7-9,15H2,1-2H3. The van der Waals surface area contributed by atoms with Crippen molar-refractivity contribution in [3.8, 4) is 0 Å². The Labute approximate surface area is 113 Å². The van der Waals surface area contributed by atoms with Crippen LogP contribution in [0.5, 0.6) is 0 Å². The zero-order chi connectivity index (χ0) is 13.5. The van der Waals surface area contributed by atoms with E-state index in [2.05, 4.69) is 0 Å². The second kappa shape index (κ2) is 7.36. The van der Waals surface area contributed by atoms with Crippen LogP contribution in [0.15, 0.2) is 24.3 Å². The van der Waals surface area contributed by atoms with Crippen molar-refractivity contribution in [1.29, 1.82) is 0 Å². The molecule has 2 N–H and O–H groups in total. The summed E-state index contributed by atoms with van der Waals surface area (Å²) in [6, 6.07) is 7.44. The lowest BCUT2D eigenvalue weighted by atomic mass is 10.2. The van der Waals surface area contributed by atoms with E-state index in [1.807, 2.05) is 24.3 Å². The number of ether oxygens (including phenoxy) is 1. The Morgan fingerprint density at radius 2 is 2.06 bits per heavy atom. The van der Waals surface area contributed by atoms with Crippen LogP contribution in [0.4, 0.5) is 0 Å². The van der Waals surface area contributed by atoms with Crippen LogP contribution in [-0.2, 0) is 16.1 Å². The van der Waals surface area contributed by atoms with Gasteiger partial charge in [-0.15, -0.1) is 0 Å². The molecule has 1 atom stereocenters. The Kier molecular flexibility index (Phi) is 6.12. The van der Waals surface area contributed by atoms with E-state index >= 15 is 0 Å². The van der Waals surface area contributed by atoms with Gasteiger partial charge in [-0.2, -0.15) is 0 Å². The minimum absolute atomic E-state index is 0.0160. The highest BCUT2D eigenvalue weighted by molar-refractivity contribution is 6.30. The molecule has 0 radical (unpaired) electrons. The van der Waals surface area contributed by atoms with Crippen molar-refractivity contribution in [2.24, 2.45) is 5.73 Å². The lowest BCUT2D eigenvalue weighted by Crippen LogP contribution is -2.33. The van der Waals surface area contributed by atoms with Gasteiger partial charge < -0.3 is 15.4 Å². The van der Waals surface area contributed by atoms with E-state index in [4.69, 9.17) is 22.1 Å². The third-order valence-electron chi connectivity index (χ3n) is 2.76. The zero-order valence-corrected chi connectivity index (χ0v) is 11.5. The molecule has 0 spiro atoms. The van der Waals surface area contributed by atoms with Crippen molar-refractivity contribution < 1.29 is 9.53 Å². The van der Waals surface area contributed by atoms with Crippen LogP contribution in [0.2, 0.25) is 5.02 Å². The third-order valence-corrected chi connectivity index (χ3v) is 3.01. The number of carbonyl (C=O) groups excluding carboxylic acids is 1. The number of rotatable bonds is 6. The Hall–Kier alpha value is -1.10. The Bertz CT molecular complexity index is 377. The number of benzene rings is 1. The largest absolute Gasteiger partial charge is 0.380 e. The summed E-state index contributed by atoms with van der Waals surface area (Å²) in [6.07, 6.45) is 0.0852. The first-order chi connectivity index (χ1) is 8.56. The van der Waals surface area contributed by atoms with Crippen LogP contribution in [0, 0.1) is 0 Å². The smallest absolute Gasteiger partial charge is 0.225 e. The van der Waals surface area contributed by atoms with Gasteiger partial charge in [-0.25, -0.2) is 0 Å². The molecule has 0 saturated heterocycles. The highest BCUT2D eigenvalue weighted by Crippen LogP contribution is 2.11. The number of carbonyl (C=O) groups is 1. The predicted molar refractivity (Wildman–Crippen MR) is 72.4 cm³/mol. The van der Waals surface area contributed by atoms with Crippen molar-refractivity contribution in [3.63, 3.8) is 0 Å². The van der Waals surface area contributed by atoms with Crippen molar-refractivity contribution in [1.82, 2.24) is 4.90 Å². The molecule has 0 aliphatic rings. The van der Waals surface area contributed by atoms with Gasteiger partial charge in [0.25, 0.3) is 0 Å². The summed E-state index contributed by atoms with van der Waals surface area (Å²) in [7, 11) is 3.32. The Morgan fingerprint density at radius 1 is 1.44 bits per heavy atom. The van der Waals surface area contributed by atoms with Gasteiger partial charge in [0.15, 0.2) is 0 Å². The van der Waals surface area contributed by atoms with Crippen LogP contribution in [0.3, 0.4) is 0 Å². The van der Waals surface area contributed by atoms with Gasteiger partial charge in [0.1, 0.15) is 0 Å². The summed E-state index contributed by atoms with van der Waals surface area (Å²) < 4.78 is 5.10. The Morgan fingerprint density at radius 3 is 2.56 bits per heavy atom. The van der Waals surface area contributed by atoms with E-state index in [-0.39, 0.29) is 12.0 Å². The number of nitrogens with zero attached hydrogens (tertiary/aromatic N) is 1. The molecule has 0 fully saturated rings. The molecule has 0 aromatic heterocycles. The van der Waals surface area contributed by atoms with Gasteiger partial charge in [0, 0.05) is 32.3 Å². The van der Waals surface area contributed by atoms with Gasteiger partial charge in [0.2, 0.25) is 5.91 Å². The summed E-state index contributed by atoms with van der Waals surface area (Å²) in [5.41, 5.74) is 6.53. The number of methoxy groups -OCH3 is 1. The van der Waals surface area contributed by atoms with Crippen molar-refractivity contribution >= 4 is 17.5 Å². The average Bonchev–Trinajstić information content (AvgIpc) is 2.38. The quantitative estimate of drug-likeness (QED) is 0.855. The van der Waals surface area contributed by atoms with E-state index in [1.54, 1.807) is 19.1 Å². The van der Waals surface area contributed by atoms with Gasteiger partial charge >= 0.3 is 0 Å². The molecule has 1 aromatic rings. The fourth-order valence-corrected chi connectivity index (χ4v) is 1.69. The first kappa shape index (κ1) is 15.0. The number of amides is 1. The number of halogens is 1. The topological polar surface area (TPSA) is 55.6 Å². The molecular formula is C13H19ClN2O2. The molecule has 5 heteroatoms. The van der Waals surface area contributed by atoms with E-state index < -0.39 is 0 Å². The molecule has 1 unspecified atom stereocenters. The molecule has 1 rings (SSSR count). The summed E-state index contributed by atoms with van der Waals surface area (Å²) >= 11 is 5.81. The highest BCUT2D eigenvalue weighted by Gasteiger charge is 2.15. The predicted octanol–water partition coefficient (Wildman–Crippen LogP) is 1.66. The zero-order valence-electron chi connectivity index (χ0n) is 10.7. The summed E-state index contributed by atoms with van der Waals surface area (Å²) in [5, 5.41) is 0.690. The Balaban J connectivity index is 2.51. The average molecular weight is 271 g/mol. The maximum Gasteiger partial charge on any atom is 0.225 e. The van der Waals surface area contributed by atoms with Gasteiger partial charge in [-0.3, -0.25) is 4.79 Å². The van der Waals surface area contributed by atoms with Gasteiger partial charge in [-0.1, -0.05) is 23.7 Å². The number of nitrogens with two attached hydrogens (primary N) is 1. The molecule has 4 nitrogen and oxygen atoms in total. The van der Waals surface area contributed by atoms with Crippen LogP contribution in [0.1, 0.15) is 12.0 Å². The maximum absolute atomic E-state index is 11.9. The molecule has 100 valence electrons. The first-order valence-electron chi connectivity index (χ1n) is 5.78. The molecule has 0 bridgehead atoms. The molecule has 0 heterocycles. The molecule has 18 heavy (non-hydrogen) atoms. The fraction of sp³-hybridized carbons (Fsp3) is 0.462. The van der Waals surface area contributed by atoms with Crippen LogP contribution in [-0.4, -0.2) is 37.6 Å². The second-order valence-corrected chi connectivity index (χ2v) is 4.61. The van der Waals surface area contributed by atoms with Crippen LogP contribution >= 0.6 is 11.6 Å². The lowest BCUT2D eigenvalue weighted by Gasteiger charge is -2.20. The minimum Gasteiger partial charge on any atom is -0.380 e. The van der Waals surface area contributed by atoms with E-state index in [0.717, 1.165) is 5.56 Å².